The minimum absolute atomic E-state index is 0.109. The predicted molar refractivity (Wildman–Crippen MR) is 92.4 cm³/mol. The SMILES string of the molecule is Fc1c(Cl)cccc1CC(CCl)(CCl)c1ccccc1Br. The molecule has 2 rings (SSSR count). The summed E-state index contributed by atoms with van der Waals surface area (Å²) >= 11 is 21.8. The number of alkyl halides is 2. The van der Waals surface area contributed by atoms with Gasteiger partial charge in [0, 0.05) is 21.6 Å². The first-order valence-electron chi connectivity index (χ1n) is 6.34. The van der Waals surface area contributed by atoms with Gasteiger partial charge in [-0.1, -0.05) is 57.9 Å². The van der Waals surface area contributed by atoms with E-state index in [1.54, 1.807) is 12.1 Å². The van der Waals surface area contributed by atoms with Gasteiger partial charge in [-0.05, 0) is 29.7 Å². The van der Waals surface area contributed by atoms with Gasteiger partial charge in [0.05, 0.1) is 5.02 Å². The van der Waals surface area contributed by atoms with Crippen molar-refractivity contribution in [3.63, 3.8) is 0 Å². The number of hydrogen-bond donors (Lipinski definition) is 0. The summed E-state index contributed by atoms with van der Waals surface area (Å²) in [5.41, 5.74) is 0.920. The standard InChI is InChI=1S/C16H13BrCl3F/c17-13-6-2-1-5-12(13)16(9-18,10-19)8-11-4-3-7-14(20)15(11)21/h1-7H,8-10H2. The normalized spacial score (nSPS) is 11.7. The zero-order chi connectivity index (χ0) is 15.5. The molecule has 0 heterocycles. The van der Waals surface area contributed by atoms with Crippen molar-refractivity contribution in [3.05, 3.63) is 68.9 Å². The quantitative estimate of drug-likeness (QED) is 0.515. The van der Waals surface area contributed by atoms with Crippen molar-refractivity contribution < 1.29 is 4.39 Å². The van der Waals surface area contributed by atoms with E-state index < -0.39 is 11.2 Å². The lowest BCUT2D eigenvalue weighted by molar-refractivity contribution is 0.510. The first kappa shape index (κ1) is 17.1. The van der Waals surface area contributed by atoms with Gasteiger partial charge in [0.2, 0.25) is 0 Å². The fourth-order valence-electron chi connectivity index (χ4n) is 2.31. The average Bonchev–Trinajstić information content (AvgIpc) is 2.50. The zero-order valence-electron chi connectivity index (χ0n) is 11.1. The van der Waals surface area contributed by atoms with Crippen LogP contribution < -0.4 is 0 Å². The Bertz CT molecular complexity index is 627. The smallest absolute Gasteiger partial charge is 0.145 e. The van der Waals surface area contributed by atoms with Crippen LogP contribution in [0.5, 0.6) is 0 Å². The van der Waals surface area contributed by atoms with Gasteiger partial charge in [-0.25, -0.2) is 4.39 Å². The van der Waals surface area contributed by atoms with Gasteiger partial charge in [-0.3, -0.25) is 0 Å². The second kappa shape index (κ2) is 7.32. The highest BCUT2D eigenvalue weighted by Crippen LogP contribution is 2.37. The second-order valence-electron chi connectivity index (χ2n) is 4.92. The highest BCUT2D eigenvalue weighted by atomic mass is 79.9. The van der Waals surface area contributed by atoms with Crippen LogP contribution in [-0.4, -0.2) is 11.8 Å². The first-order valence-corrected chi connectivity index (χ1v) is 8.58. The van der Waals surface area contributed by atoms with Crippen LogP contribution >= 0.6 is 50.7 Å². The number of halogens is 5. The molecule has 0 spiro atoms. The summed E-state index contributed by atoms with van der Waals surface area (Å²) in [5, 5.41) is 0.109. The Labute approximate surface area is 147 Å². The average molecular weight is 411 g/mol. The molecule has 0 saturated carbocycles. The van der Waals surface area contributed by atoms with Crippen molar-refractivity contribution in [1.82, 2.24) is 0 Å². The summed E-state index contributed by atoms with van der Waals surface area (Å²) in [7, 11) is 0. The van der Waals surface area contributed by atoms with E-state index in [1.165, 1.54) is 6.07 Å². The summed E-state index contributed by atoms with van der Waals surface area (Å²) in [6.45, 7) is 0. The van der Waals surface area contributed by atoms with Crippen molar-refractivity contribution in [3.8, 4) is 0 Å². The molecular formula is C16H13BrCl3F. The topological polar surface area (TPSA) is 0 Å². The molecule has 2 aromatic carbocycles. The van der Waals surface area contributed by atoms with E-state index in [0.29, 0.717) is 12.0 Å². The highest BCUT2D eigenvalue weighted by Gasteiger charge is 2.33. The summed E-state index contributed by atoms with van der Waals surface area (Å²) in [6, 6.07) is 12.7. The van der Waals surface area contributed by atoms with Crippen LogP contribution in [0.4, 0.5) is 4.39 Å². The van der Waals surface area contributed by atoms with Crippen molar-refractivity contribution in [1.29, 1.82) is 0 Å². The van der Waals surface area contributed by atoms with Crippen LogP contribution in [0.3, 0.4) is 0 Å². The van der Waals surface area contributed by atoms with Gasteiger partial charge >= 0.3 is 0 Å². The molecule has 0 amide bonds. The molecule has 0 bridgehead atoms. The molecule has 0 aliphatic rings. The van der Waals surface area contributed by atoms with E-state index in [9.17, 15) is 4.39 Å². The first-order chi connectivity index (χ1) is 10.0. The van der Waals surface area contributed by atoms with Gasteiger partial charge in [-0.15, -0.1) is 23.2 Å². The summed E-state index contributed by atoms with van der Waals surface area (Å²) in [5.74, 6) is 0.154. The molecule has 0 atom stereocenters. The molecule has 0 nitrogen and oxygen atoms in total. The Morgan fingerprint density at radius 1 is 1.00 bits per heavy atom. The minimum Gasteiger partial charge on any atom is -0.205 e. The fraction of sp³-hybridized carbons (Fsp3) is 0.250. The van der Waals surface area contributed by atoms with Crippen LogP contribution in [0.1, 0.15) is 11.1 Å². The molecule has 5 heteroatoms. The fourth-order valence-corrected chi connectivity index (χ4v) is 3.97. The third kappa shape index (κ3) is 3.56. The Kier molecular flexibility index (Phi) is 5.96. The molecule has 0 unspecified atom stereocenters. The summed E-state index contributed by atoms with van der Waals surface area (Å²) in [4.78, 5) is 0. The molecule has 0 aromatic heterocycles. The third-order valence-corrected chi connectivity index (χ3v) is 5.52. The predicted octanol–water partition coefficient (Wildman–Crippen LogP) is 6.20. The van der Waals surface area contributed by atoms with E-state index in [4.69, 9.17) is 34.8 Å². The van der Waals surface area contributed by atoms with E-state index in [-0.39, 0.29) is 16.8 Å². The van der Waals surface area contributed by atoms with Crippen LogP contribution in [0, 0.1) is 5.82 Å². The molecule has 0 aliphatic heterocycles. The Morgan fingerprint density at radius 3 is 2.29 bits per heavy atom. The zero-order valence-corrected chi connectivity index (χ0v) is 14.9. The van der Waals surface area contributed by atoms with E-state index in [0.717, 1.165) is 10.0 Å². The lowest BCUT2D eigenvalue weighted by Gasteiger charge is -2.31. The van der Waals surface area contributed by atoms with E-state index >= 15 is 0 Å². The van der Waals surface area contributed by atoms with E-state index in [2.05, 4.69) is 15.9 Å². The van der Waals surface area contributed by atoms with Crippen LogP contribution in [0.25, 0.3) is 0 Å². The molecule has 112 valence electrons. The molecule has 0 saturated heterocycles. The number of hydrogen-bond acceptors (Lipinski definition) is 0. The van der Waals surface area contributed by atoms with Gasteiger partial charge in [0.15, 0.2) is 0 Å². The van der Waals surface area contributed by atoms with Crippen molar-refractivity contribution >= 4 is 50.7 Å². The lowest BCUT2D eigenvalue weighted by atomic mass is 9.78. The maximum atomic E-state index is 14.2. The molecule has 0 aliphatic carbocycles. The molecule has 21 heavy (non-hydrogen) atoms. The monoisotopic (exact) mass is 408 g/mol. The van der Waals surface area contributed by atoms with E-state index in [1.807, 2.05) is 24.3 Å². The van der Waals surface area contributed by atoms with Gasteiger partial charge in [-0.2, -0.15) is 0 Å². The Hall–Kier alpha value is -0.280. The van der Waals surface area contributed by atoms with Gasteiger partial charge < -0.3 is 0 Å². The van der Waals surface area contributed by atoms with Crippen LogP contribution in [0.15, 0.2) is 46.9 Å². The van der Waals surface area contributed by atoms with Crippen molar-refractivity contribution in [2.45, 2.75) is 11.8 Å². The van der Waals surface area contributed by atoms with Crippen LogP contribution in [-0.2, 0) is 11.8 Å². The summed E-state index contributed by atoms with van der Waals surface area (Å²) in [6.07, 6.45) is 0.384. The van der Waals surface area contributed by atoms with Gasteiger partial charge in [0.25, 0.3) is 0 Å². The number of rotatable bonds is 5. The Morgan fingerprint density at radius 2 is 1.67 bits per heavy atom. The van der Waals surface area contributed by atoms with Crippen molar-refractivity contribution in [2.75, 3.05) is 11.8 Å². The highest BCUT2D eigenvalue weighted by molar-refractivity contribution is 9.10. The molecule has 0 radical (unpaired) electrons. The number of benzene rings is 2. The largest absolute Gasteiger partial charge is 0.205 e. The second-order valence-corrected chi connectivity index (χ2v) is 6.71. The minimum atomic E-state index is -0.561. The maximum absolute atomic E-state index is 14.2. The lowest BCUT2D eigenvalue weighted by Crippen LogP contribution is -2.34. The molecule has 0 N–H and O–H groups in total. The molecular weight excluding hydrogens is 397 g/mol. The molecule has 2 aromatic rings. The summed E-state index contributed by atoms with van der Waals surface area (Å²) < 4.78 is 15.1. The maximum Gasteiger partial charge on any atom is 0.145 e. The van der Waals surface area contributed by atoms with Crippen molar-refractivity contribution in [2.24, 2.45) is 0 Å². The third-order valence-electron chi connectivity index (χ3n) is 3.52. The van der Waals surface area contributed by atoms with Gasteiger partial charge in [0.1, 0.15) is 5.82 Å². The molecule has 0 fully saturated rings. The Balaban J connectivity index is 2.49. The van der Waals surface area contributed by atoms with Crippen LogP contribution in [0.2, 0.25) is 5.02 Å².